The monoisotopic (exact) mass is 424 g/mol. The molecule has 0 fully saturated rings. The normalized spacial score (nSPS) is 13.0. The van der Waals surface area contributed by atoms with E-state index < -0.39 is 0 Å². The zero-order valence-electron chi connectivity index (χ0n) is 19.1. The largest absolute Gasteiger partial charge is 0.289 e. The fraction of sp³-hybridized carbons (Fsp3) is 0.276. The van der Waals surface area contributed by atoms with Crippen molar-refractivity contribution in [2.75, 3.05) is 0 Å². The van der Waals surface area contributed by atoms with Gasteiger partial charge in [-0.25, -0.2) is 0 Å². The van der Waals surface area contributed by atoms with Crippen LogP contribution in [0.1, 0.15) is 52.7 Å². The Balaban J connectivity index is 1.87. The molecule has 0 aliphatic rings. The highest BCUT2D eigenvalue weighted by molar-refractivity contribution is 7.24. The van der Waals surface area contributed by atoms with Crippen LogP contribution in [-0.4, -0.2) is 0 Å². The van der Waals surface area contributed by atoms with E-state index in [-0.39, 0.29) is 16.3 Å². The molecule has 5 rings (SSSR count). The fourth-order valence-corrected chi connectivity index (χ4v) is 5.69. The van der Waals surface area contributed by atoms with Gasteiger partial charge in [0.2, 0.25) is 0 Å². The van der Waals surface area contributed by atoms with E-state index >= 15 is 0 Å². The minimum atomic E-state index is 0.0674. The zero-order chi connectivity index (χ0) is 22.1. The van der Waals surface area contributed by atoms with Crippen LogP contribution in [0.15, 0.2) is 65.5 Å². The molecule has 4 aromatic carbocycles. The molecule has 0 aliphatic carbocycles. The first-order chi connectivity index (χ1) is 14.5. The predicted molar refractivity (Wildman–Crippen MR) is 138 cm³/mol. The Hall–Kier alpha value is -2.71. The molecule has 2 heteroatoms. The molecule has 0 saturated carbocycles. The minimum absolute atomic E-state index is 0.0674. The van der Waals surface area contributed by atoms with Crippen molar-refractivity contribution in [3.63, 3.8) is 0 Å². The summed E-state index contributed by atoms with van der Waals surface area (Å²) in [6.07, 6.45) is 0. The number of hydrogen-bond acceptors (Lipinski definition) is 2. The van der Waals surface area contributed by atoms with Crippen molar-refractivity contribution in [1.82, 2.24) is 0 Å². The maximum Gasteiger partial charge on any atom is 0.195 e. The summed E-state index contributed by atoms with van der Waals surface area (Å²) in [5.41, 5.74) is 3.07. The molecule has 0 aliphatic heterocycles. The van der Waals surface area contributed by atoms with Crippen molar-refractivity contribution in [3.05, 3.63) is 82.0 Å². The van der Waals surface area contributed by atoms with E-state index in [4.69, 9.17) is 0 Å². The number of rotatable bonds is 0. The van der Waals surface area contributed by atoms with Gasteiger partial charge in [-0.15, -0.1) is 11.3 Å². The van der Waals surface area contributed by atoms with Gasteiger partial charge in [0.05, 0.1) is 0 Å². The second kappa shape index (κ2) is 6.64. The molecule has 0 bridgehead atoms. The van der Waals surface area contributed by atoms with E-state index in [2.05, 4.69) is 77.9 Å². The standard InChI is InChI=1S/C29H28OS/c1-28(2,3)23-14-18-11-17-13-22-26(31-25-10-8-7-9-21(25)27(22)30)16-20(17)12-19(18)15-24(23)29(4,5)6/h7-16H,1-6H3. The fourth-order valence-electron chi connectivity index (χ4n) is 4.59. The van der Waals surface area contributed by atoms with Gasteiger partial charge < -0.3 is 0 Å². The second-order valence-electron chi connectivity index (χ2n) is 10.7. The van der Waals surface area contributed by atoms with Crippen LogP contribution >= 0.6 is 11.3 Å². The van der Waals surface area contributed by atoms with E-state index in [0.717, 1.165) is 25.6 Å². The van der Waals surface area contributed by atoms with Gasteiger partial charge in [0.25, 0.3) is 0 Å². The van der Waals surface area contributed by atoms with Gasteiger partial charge in [0.1, 0.15) is 0 Å². The van der Waals surface area contributed by atoms with Crippen LogP contribution in [0.4, 0.5) is 0 Å². The molecule has 0 amide bonds. The highest BCUT2D eigenvalue weighted by Gasteiger charge is 2.25. The summed E-state index contributed by atoms with van der Waals surface area (Å²) in [5.74, 6) is 0. The highest BCUT2D eigenvalue weighted by atomic mass is 32.1. The van der Waals surface area contributed by atoms with Crippen LogP contribution in [0.5, 0.6) is 0 Å². The molecular weight excluding hydrogens is 396 g/mol. The van der Waals surface area contributed by atoms with Gasteiger partial charge in [-0.3, -0.25) is 4.79 Å². The smallest absolute Gasteiger partial charge is 0.195 e. The SMILES string of the molecule is CC(C)(C)c1cc2cc3cc4sc5ccccc5c(=O)c4cc3cc2cc1C(C)(C)C. The third-order valence-corrected chi connectivity index (χ3v) is 7.38. The molecule has 0 saturated heterocycles. The van der Waals surface area contributed by atoms with Gasteiger partial charge >= 0.3 is 0 Å². The van der Waals surface area contributed by atoms with E-state index in [9.17, 15) is 4.79 Å². The van der Waals surface area contributed by atoms with Gasteiger partial charge in [0, 0.05) is 20.2 Å². The summed E-state index contributed by atoms with van der Waals surface area (Å²) in [6, 6.07) is 21.5. The molecule has 0 N–H and O–H groups in total. The summed E-state index contributed by atoms with van der Waals surface area (Å²) in [6.45, 7) is 13.7. The third kappa shape index (κ3) is 3.34. The Morgan fingerprint density at radius 2 is 1.10 bits per heavy atom. The summed E-state index contributed by atoms with van der Waals surface area (Å²) in [5, 5.41) is 6.44. The van der Waals surface area contributed by atoms with Crippen molar-refractivity contribution >= 4 is 53.1 Å². The lowest BCUT2D eigenvalue weighted by Crippen LogP contribution is -2.21. The molecule has 0 atom stereocenters. The summed E-state index contributed by atoms with van der Waals surface area (Å²) >= 11 is 1.70. The van der Waals surface area contributed by atoms with E-state index in [1.165, 1.54) is 27.3 Å². The van der Waals surface area contributed by atoms with Crippen molar-refractivity contribution in [2.24, 2.45) is 0 Å². The Morgan fingerprint density at radius 3 is 1.68 bits per heavy atom. The molecule has 0 radical (unpaired) electrons. The van der Waals surface area contributed by atoms with Gasteiger partial charge in [-0.2, -0.15) is 0 Å². The maximum absolute atomic E-state index is 13.1. The quantitative estimate of drug-likeness (QED) is 0.228. The predicted octanol–water partition coefficient (Wildman–Crippen LogP) is 8.32. The third-order valence-electron chi connectivity index (χ3n) is 6.24. The van der Waals surface area contributed by atoms with Gasteiger partial charge in [0.15, 0.2) is 5.43 Å². The topological polar surface area (TPSA) is 17.1 Å². The highest BCUT2D eigenvalue weighted by Crippen LogP contribution is 2.38. The molecule has 5 aromatic rings. The number of fused-ring (bicyclic) bond motifs is 4. The van der Waals surface area contributed by atoms with Crippen LogP contribution in [0.25, 0.3) is 41.7 Å². The first-order valence-electron chi connectivity index (χ1n) is 10.9. The first kappa shape index (κ1) is 20.2. The Morgan fingerprint density at radius 1 is 0.581 bits per heavy atom. The van der Waals surface area contributed by atoms with E-state index in [0.29, 0.717) is 0 Å². The van der Waals surface area contributed by atoms with Crippen LogP contribution < -0.4 is 5.43 Å². The van der Waals surface area contributed by atoms with Crippen LogP contribution in [0.2, 0.25) is 0 Å². The van der Waals surface area contributed by atoms with Crippen LogP contribution in [0, 0.1) is 0 Å². The van der Waals surface area contributed by atoms with E-state index in [1.807, 2.05) is 24.3 Å². The summed E-state index contributed by atoms with van der Waals surface area (Å²) in [4.78, 5) is 13.1. The number of hydrogen-bond donors (Lipinski definition) is 0. The average Bonchev–Trinajstić information content (AvgIpc) is 2.69. The maximum atomic E-state index is 13.1. The van der Waals surface area contributed by atoms with E-state index in [1.54, 1.807) is 11.3 Å². The van der Waals surface area contributed by atoms with Crippen molar-refractivity contribution in [1.29, 1.82) is 0 Å². The molecule has 31 heavy (non-hydrogen) atoms. The van der Waals surface area contributed by atoms with Crippen molar-refractivity contribution in [3.8, 4) is 0 Å². The van der Waals surface area contributed by atoms with Crippen molar-refractivity contribution < 1.29 is 0 Å². The lowest BCUT2D eigenvalue weighted by Gasteiger charge is -2.30. The second-order valence-corrected chi connectivity index (χ2v) is 11.8. The summed E-state index contributed by atoms with van der Waals surface area (Å²) in [7, 11) is 0. The molecule has 156 valence electrons. The lowest BCUT2D eigenvalue weighted by atomic mass is 9.74. The number of benzene rings is 4. The van der Waals surface area contributed by atoms with Crippen molar-refractivity contribution in [2.45, 2.75) is 52.4 Å². The minimum Gasteiger partial charge on any atom is -0.289 e. The molecule has 1 aromatic heterocycles. The Kier molecular flexibility index (Phi) is 4.33. The average molecular weight is 425 g/mol. The molecule has 1 nitrogen and oxygen atoms in total. The molecule has 0 spiro atoms. The molecule has 0 unspecified atom stereocenters. The first-order valence-corrected chi connectivity index (χ1v) is 11.7. The molecule has 1 heterocycles. The van der Waals surface area contributed by atoms with Gasteiger partial charge in [-0.05, 0) is 79.9 Å². The Bertz CT molecular complexity index is 1560. The zero-order valence-corrected chi connectivity index (χ0v) is 19.9. The van der Waals surface area contributed by atoms with Crippen LogP contribution in [-0.2, 0) is 10.8 Å². The molecular formula is C29H28OS. The van der Waals surface area contributed by atoms with Gasteiger partial charge in [-0.1, -0.05) is 65.8 Å². The summed E-state index contributed by atoms with van der Waals surface area (Å²) < 4.78 is 2.10. The Labute approximate surface area is 187 Å². The van der Waals surface area contributed by atoms with Crippen LogP contribution in [0.3, 0.4) is 0 Å². The lowest BCUT2D eigenvalue weighted by molar-refractivity contribution is 0.531.